The van der Waals surface area contributed by atoms with Gasteiger partial charge >= 0.3 is 5.69 Å². The second-order valence-corrected chi connectivity index (χ2v) is 4.42. The van der Waals surface area contributed by atoms with E-state index in [1.165, 1.54) is 0 Å². The van der Waals surface area contributed by atoms with Crippen molar-refractivity contribution in [3.63, 3.8) is 0 Å². The van der Waals surface area contributed by atoms with E-state index in [0.29, 0.717) is 27.8 Å². The molecule has 0 radical (unpaired) electrons. The highest BCUT2D eigenvalue weighted by Gasteiger charge is 2.13. The van der Waals surface area contributed by atoms with E-state index in [2.05, 4.69) is 15.3 Å². The number of aromatic amines is 2. The van der Waals surface area contributed by atoms with E-state index >= 15 is 0 Å². The third-order valence-electron chi connectivity index (χ3n) is 3.09. The van der Waals surface area contributed by atoms with Crippen molar-refractivity contribution in [2.24, 2.45) is 0 Å². The Kier molecular flexibility index (Phi) is 3.01. The number of hydrogen-bond acceptors (Lipinski definition) is 3. The lowest BCUT2D eigenvalue weighted by Crippen LogP contribution is -2.13. The van der Waals surface area contributed by atoms with Crippen LogP contribution in [0.15, 0.2) is 47.3 Å². The SMILES string of the molecule is N#Cc1ccccc1NC(=O)c1cccc2[nH]c(=O)[nH]c12. The second-order valence-electron chi connectivity index (χ2n) is 4.42. The number of hydrogen-bond donors (Lipinski definition) is 3. The van der Waals surface area contributed by atoms with Crippen LogP contribution >= 0.6 is 0 Å². The lowest BCUT2D eigenvalue weighted by molar-refractivity contribution is 0.102. The molecule has 0 aliphatic heterocycles. The van der Waals surface area contributed by atoms with Crippen molar-refractivity contribution in [3.05, 3.63) is 64.1 Å². The molecule has 3 N–H and O–H groups in total. The Hall–Kier alpha value is -3.33. The van der Waals surface area contributed by atoms with E-state index in [-0.39, 0.29) is 5.69 Å². The molecule has 21 heavy (non-hydrogen) atoms. The number of nitriles is 1. The average molecular weight is 278 g/mol. The van der Waals surface area contributed by atoms with Gasteiger partial charge in [-0.15, -0.1) is 0 Å². The maximum absolute atomic E-state index is 12.3. The number of fused-ring (bicyclic) bond motifs is 1. The van der Waals surface area contributed by atoms with Crippen LogP contribution in [0.4, 0.5) is 5.69 Å². The lowest BCUT2D eigenvalue weighted by atomic mass is 10.1. The molecule has 0 bridgehead atoms. The molecule has 0 saturated carbocycles. The molecule has 0 spiro atoms. The van der Waals surface area contributed by atoms with Gasteiger partial charge in [0.05, 0.1) is 27.8 Å². The Bertz CT molecular complexity index is 930. The van der Waals surface area contributed by atoms with Crippen molar-refractivity contribution in [2.75, 3.05) is 5.32 Å². The van der Waals surface area contributed by atoms with Crippen LogP contribution < -0.4 is 11.0 Å². The van der Waals surface area contributed by atoms with E-state index in [9.17, 15) is 9.59 Å². The fourth-order valence-corrected chi connectivity index (χ4v) is 2.13. The van der Waals surface area contributed by atoms with Crippen LogP contribution in [0, 0.1) is 11.3 Å². The first kappa shape index (κ1) is 12.7. The van der Waals surface area contributed by atoms with Gasteiger partial charge < -0.3 is 15.3 Å². The number of imidazole rings is 1. The number of aromatic nitrogens is 2. The van der Waals surface area contributed by atoms with Gasteiger partial charge in [0.1, 0.15) is 6.07 Å². The average Bonchev–Trinajstić information content (AvgIpc) is 2.87. The number of H-pyrrole nitrogens is 2. The molecular formula is C15H10N4O2. The first-order chi connectivity index (χ1) is 10.2. The summed E-state index contributed by atoms with van der Waals surface area (Å²) < 4.78 is 0. The molecule has 1 amide bonds. The molecule has 0 aliphatic rings. The van der Waals surface area contributed by atoms with Gasteiger partial charge in [-0.05, 0) is 24.3 Å². The summed E-state index contributed by atoms with van der Waals surface area (Å²) >= 11 is 0. The fraction of sp³-hybridized carbons (Fsp3) is 0. The summed E-state index contributed by atoms with van der Waals surface area (Å²) in [5, 5.41) is 11.7. The summed E-state index contributed by atoms with van der Waals surface area (Å²) in [4.78, 5) is 28.9. The number of nitrogens with one attached hydrogen (secondary N) is 3. The van der Waals surface area contributed by atoms with Gasteiger partial charge in [-0.3, -0.25) is 4.79 Å². The van der Waals surface area contributed by atoms with Crippen LogP contribution in [0.5, 0.6) is 0 Å². The van der Waals surface area contributed by atoms with Gasteiger partial charge in [-0.1, -0.05) is 18.2 Å². The van der Waals surface area contributed by atoms with Gasteiger partial charge in [0.2, 0.25) is 0 Å². The van der Waals surface area contributed by atoms with E-state index in [1.807, 2.05) is 6.07 Å². The summed E-state index contributed by atoms with van der Waals surface area (Å²) in [6, 6.07) is 13.7. The molecule has 0 fully saturated rings. The van der Waals surface area contributed by atoms with Crippen molar-refractivity contribution in [1.82, 2.24) is 9.97 Å². The number of carbonyl (C=O) groups excluding carboxylic acids is 1. The molecule has 3 rings (SSSR count). The molecule has 0 aliphatic carbocycles. The van der Waals surface area contributed by atoms with Crippen LogP contribution in [-0.4, -0.2) is 15.9 Å². The van der Waals surface area contributed by atoms with Crippen LogP contribution in [0.3, 0.4) is 0 Å². The van der Waals surface area contributed by atoms with E-state index in [4.69, 9.17) is 5.26 Å². The first-order valence-corrected chi connectivity index (χ1v) is 6.20. The third kappa shape index (κ3) is 2.28. The molecule has 2 aromatic carbocycles. The highest BCUT2D eigenvalue weighted by atomic mass is 16.2. The highest BCUT2D eigenvalue weighted by Crippen LogP contribution is 2.18. The van der Waals surface area contributed by atoms with Crippen LogP contribution in [0.1, 0.15) is 15.9 Å². The quantitative estimate of drug-likeness (QED) is 0.668. The molecule has 3 aromatic rings. The molecule has 1 heterocycles. The fourth-order valence-electron chi connectivity index (χ4n) is 2.13. The van der Waals surface area contributed by atoms with Crippen LogP contribution in [-0.2, 0) is 0 Å². The molecule has 0 atom stereocenters. The molecular weight excluding hydrogens is 268 g/mol. The topological polar surface area (TPSA) is 102 Å². The van der Waals surface area contributed by atoms with Gasteiger partial charge in [0, 0.05) is 0 Å². The van der Waals surface area contributed by atoms with Gasteiger partial charge in [-0.25, -0.2) is 4.79 Å². The second kappa shape index (κ2) is 4.98. The van der Waals surface area contributed by atoms with Crippen molar-refractivity contribution >= 4 is 22.6 Å². The predicted octanol–water partition coefficient (Wildman–Crippen LogP) is 1.98. The summed E-state index contributed by atoms with van der Waals surface area (Å²) in [5.74, 6) is -0.390. The molecule has 0 unspecified atom stereocenters. The minimum Gasteiger partial charge on any atom is -0.321 e. The lowest BCUT2D eigenvalue weighted by Gasteiger charge is -2.07. The largest absolute Gasteiger partial charge is 0.323 e. The van der Waals surface area contributed by atoms with Crippen molar-refractivity contribution in [3.8, 4) is 6.07 Å². The zero-order chi connectivity index (χ0) is 14.8. The number of carbonyl (C=O) groups is 1. The van der Waals surface area contributed by atoms with Crippen LogP contribution in [0.2, 0.25) is 0 Å². The summed E-state index contributed by atoms with van der Waals surface area (Å²) in [5.41, 5.74) is 1.76. The van der Waals surface area contributed by atoms with Crippen molar-refractivity contribution in [2.45, 2.75) is 0 Å². The number of nitrogens with zero attached hydrogens (tertiary/aromatic N) is 1. The Labute approximate surface area is 119 Å². The Morgan fingerprint density at radius 1 is 1.10 bits per heavy atom. The van der Waals surface area contributed by atoms with E-state index < -0.39 is 5.91 Å². The number of amides is 1. The molecule has 102 valence electrons. The summed E-state index contributed by atoms with van der Waals surface area (Å²) in [6.45, 7) is 0. The molecule has 6 nitrogen and oxygen atoms in total. The maximum Gasteiger partial charge on any atom is 0.323 e. The minimum atomic E-state index is -0.390. The van der Waals surface area contributed by atoms with E-state index in [0.717, 1.165) is 0 Å². The summed E-state index contributed by atoms with van der Waals surface area (Å²) in [7, 11) is 0. The maximum atomic E-state index is 12.3. The van der Waals surface area contributed by atoms with Gasteiger partial charge in [0.25, 0.3) is 5.91 Å². The zero-order valence-electron chi connectivity index (χ0n) is 10.8. The van der Waals surface area contributed by atoms with Gasteiger partial charge in [0.15, 0.2) is 0 Å². The third-order valence-corrected chi connectivity index (χ3v) is 3.09. The number of para-hydroxylation sites is 2. The highest BCUT2D eigenvalue weighted by molar-refractivity contribution is 6.11. The standard InChI is InChI=1S/C15H10N4O2/c16-8-9-4-1-2-6-11(9)17-14(20)10-5-3-7-12-13(10)19-15(21)18-12/h1-7H,(H,17,20)(H2,18,19,21). The normalized spacial score (nSPS) is 10.2. The molecule has 0 saturated heterocycles. The summed E-state index contributed by atoms with van der Waals surface area (Å²) in [6.07, 6.45) is 0. The zero-order valence-corrected chi connectivity index (χ0v) is 10.8. The van der Waals surface area contributed by atoms with Crippen LogP contribution in [0.25, 0.3) is 11.0 Å². The van der Waals surface area contributed by atoms with E-state index in [1.54, 1.807) is 42.5 Å². The number of rotatable bonds is 2. The Morgan fingerprint density at radius 2 is 1.90 bits per heavy atom. The van der Waals surface area contributed by atoms with Crippen molar-refractivity contribution in [1.29, 1.82) is 5.26 Å². The minimum absolute atomic E-state index is 0.332. The van der Waals surface area contributed by atoms with Crippen molar-refractivity contribution < 1.29 is 4.79 Å². The number of benzene rings is 2. The first-order valence-electron chi connectivity index (χ1n) is 6.20. The molecule has 6 heteroatoms. The Morgan fingerprint density at radius 3 is 2.71 bits per heavy atom. The predicted molar refractivity (Wildman–Crippen MR) is 78.0 cm³/mol. The monoisotopic (exact) mass is 278 g/mol. The number of anilines is 1. The molecule has 1 aromatic heterocycles. The van der Waals surface area contributed by atoms with Gasteiger partial charge in [-0.2, -0.15) is 5.26 Å². The Balaban J connectivity index is 2.02. The smallest absolute Gasteiger partial charge is 0.321 e.